The molecule has 0 spiro atoms. The van der Waals surface area contributed by atoms with Gasteiger partial charge in [0.2, 0.25) is 5.91 Å². The van der Waals surface area contributed by atoms with Crippen LogP contribution in [0.3, 0.4) is 0 Å². The molecule has 0 saturated heterocycles. The number of nitrogens with zero attached hydrogens (tertiary/aromatic N) is 1. The molecular formula is C24H23ClN2O2. The molecule has 0 fully saturated rings. The van der Waals surface area contributed by atoms with Crippen LogP contribution in [0.2, 0.25) is 5.02 Å². The van der Waals surface area contributed by atoms with Gasteiger partial charge in [0.25, 0.3) is 0 Å². The van der Waals surface area contributed by atoms with Crippen LogP contribution in [-0.4, -0.2) is 12.1 Å². The molecule has 3 rings (SSSR count). The Bertz CT molecular complexity index is 1030. The van der Waals surface area contributed by atoms with Crippen molar-refractivity contribution in [3.05, 3.63) is 99.6 Å². The molecule has 0 atom stereocenters. The monoisotopic (exact) mass is 406 g/mol. The predicted octanol–water partition coefficient (Wildman–Crippen LogP) is 5.23. The maximum atomic E-state index is 12.2. The molecule has 148 valence electrons. The Morgan fingerprint density at radius 1 is 1.03 bits per heavy atom. The molecule has 0 saturated carbocycles. The average molecular weight is 407 g/mol. The number of halogens is 1. The van der Waals surface area contributed by atoms with E-state index in [2.05, 4.69) is 17.5 Å². The number of carbonyl (C=O) groups is 1. The van der Waals surface area contributed by atoms with Crippen molar-refractivity contribution in [1.29, 1.82) is 0 Å². The number of benzene rings is 3. The maximum absolute atomic E-state index is 12.2. The second-order valence-corrected chi connectivity index (χ2v) is 7.21. The summed E-state index contributed by atoms with van der Waals surface area (Å²) in [6.07, 6.45) is 1.86. The minimum absolute atomic E-state index is 0.168. The summed E-state index contributed by atoms with van der Waals surface area (Å²) in [5.74, 6) is 0.499. The van der Waals surface area contributed by atoms with Gasteiger partial charge >= 0.3 is 0 Å². The topological polar surface area (TPSA) is 50.7 Å². The highest BCUT2D eigenvalue weighted by Gasteiger charge is 2.06. The zero-order valence-corrected chi connectivity index (χ0v) is 17.2. The number of aryl methyl sites for hydroxylation is 2. The maximum Gasteiger partial charge on any atom is 0.244 e. The zero-order valence-electron chi connectivity index (χ0n) is 16.5. The molecule has 0 unspecified atom stereocenters. The van der Waals surface area contributed by atoms with Gasteiger partial charge in [0.1, 0.15) is 12.4 Å². The molecule has 0 aromatic heterocycles. The number of carbonyl (C=O) groups excluding carboxylic acids is 1. The first-order chi connectivity index (χ1) is 14.0. The molecule has 3 aromatic carbocycles. The third-order valence-corrected chi connectivity index (χ3v) is 4.96. The number of nitrogens with one attached hydrogen (secondary N) is 1. The summed E-state index contributed by atoms with van der Waals surface area (Å²) in [5.41, 5.74) is 7.59. The van der Waals surface area contributed by atoms with Crippen LogP contribution in [0.1, 0.15) is 27.8 Å². The molecule has 0 bridgehead atoms. The summed E-state index contributed by atoms with van der Waals surface area (Å²) in [7, 11) is 0. The van der Waals surface area contributed by atoms with Crippen molar-refractivity contribution < 1.29 is 9.53 Å². The Kier molecular flexibility index (Phi) is 7.04. The van der Waals surface area contributed by atoms with Crippen LogP contribution < -0.4 is 10.2 Å². The van der Waals surface area contributed by atoms with E-state index in [-0.39, 0.29) is 12.3 Å². The lowest BCUT2D eigenvalue weighted by atomic mass is 10.0. The summed E-state index contributed by atoms with van der Waals surface area (Å²) in [6, 6.07) is 21.1. The molecule has 1 amide bonds. The Morgan fingerprint density at radius 2 is 1.79 bits per heavy atom. The van der Waals surface area contributed by atoms with Gasteiger partial charge in [-0.25, -0.2) is 5.43 Å². The van der Waals surface area contributed by atoms with Gasteiger partial charge in [-0.1, -0.05) is 60.1 Å². The standard InChI is InChI=1S/C24H23ClN2O2/c1-17-11-12-19(13-18(17)2)14-24(28)27-26-15-20-7-4-6-10-23(20)29-16-21-8-3-5-9-22(21)25/h3-13,15H,14,16H2,1-2H3,(H,27,28)/b26-15-. The molecule has 29 heavy (non-hydrogen) atoms. The van der Waals surface area contributed by atoms with Crippen molar-refractivity contribution in [1.82, 2.24) is 5.43 Å². The number of hydrogen-bond acceptors (Lipinski definition) is 3. The van der Waals surface area contributed by atoms with Crippen LogP contribution in [0.5, 0.6) is 5.75 Å². The highest BCUT2D eigenvalue weighted by Crippen LogP contribution is 2.21. The lowest BCUT2D eigenvalue weighted by Crippen LogP contribution is -2.19. The molecule has 4 nitrogen and oxygen atoms in total. The highest BCUT2D eigenvalue weighted by molar-refractivity contribution is 6.31. The minimum atomic E-state index is -0.168. The Hall–Kier alpha value is -3.11. The quantitative estimate of drug-likeness (QED) is 0.431. The highest BCUT2D eigenvalue weighted by atomic mass is 35.5. The second kappa shape index (κ2) is 9.89. The Balaban J connectivity index is 1.59. The lowest BCUT2D eigenvalue weighted by Gasteiger charge is -2.10. The number of hydrogen-bond donors (Lipinski definition) is 1. The fourth-order valence-electron chi connectivity index (χ4n) is 2.80. The molecular weight excluding hydrogens is 384 g/mol. The first-order valence-corrected chi connectivity index (χ1v) is 9.74. The Morgan fingerprint density at radius 3 is 2.59 bits per heavy atom. The van der Waals surface area contributed by atoms with E-state index in [9.17, 15) is 4.79 Å². The Labute approximate surface area is 176 Å². The predicted molar refractivity (Wildman–Crippen MR) is 118 cm³/mol. The smallest absolute Gasteiger partial charge is 0.244 e. The number of para-hydroxylation sites is 1. The largest absolute Gasteiger partial charge is 0.488 e. The summed E-state index contributed by atoms with van der Waals surface area (Å²) in [5, 5.41) is 4.74. The van der Waals surface area contributed by atoms with E-state index in [4.69, 9.17) is 16.3 Å². The zero-order chi connectivity index (χ0) is 20.6. The van der Waals surface area contributed by atoms with Crippen molar-refractivity contribution in [3.63, 3.8) is 0 Å². The SMILES string of the molecule is Cc1ccc(CC(=O)N/N=C\c2ccccc2OCc2ccccc2Cl)cc1C. The molecule has 1 N–H and O–H groups in total. The second-order valence-electron chi connectivity index (χ2n) is 6.81. The van der Waals surface area contributed by atoms with E-state index in [1.165, 1.54) is 11.1 Å². The molecule has 5 heteroatoms. The van der Waals surface area contributed by atoms with E-state index in [0.29, 0.717) is 17.4 Å². The van der Waals surface area contributed by atoms with Crippen molar-refractivity contribution in [2.75, 3.05) is 0 Å². The van der Waals surface area contributed by atoms with E-state index in [1.807, 2.05) is 73.7 Å². The number of ether oxygens (including phenoxy) is 1. The van der Waals surface area contributed by atoms with E-state index in [1.54, 1.807) is 6.21 Å². The van der Waals surface area contributed by atoms with Crippen LogP contribution in [0.25, 0.3) is 0 Å². The van der Waals surface area contributed by atoms with Crippen molar-refractivity contribution in [2.45, 2.75) is 26.9 Å². The van der Waals surface area contributed by atoms with Crippen LogP contribution in [-0.2, 0) is 17.8 Å². The van der Waals surface area contributed by atoms with E-state index < -0.39 is 0 Å². The van der Waals surface area contributed by atoms with Gasteiger partial charge in [-0.2, -0.15) is 5.10 Å². The molecule has 0 aliphatic rings. The molecule has 0 radical (unpaired) electrons. The van der Waals surface area contributed by atoms with Gasteiger partial charge in [0.15, 0.2) is 0 Å². The molecule has 0 aliphatic heterocycles. The first kappa shape index (κ1) is 20.6. The van der Waals surface area contributed by atoms with Crippen LogP contribution in [0, 0.1) is 13.8 Å². The lowest BCUT2D eigenvalue weighted by molar-refractivity contribution is -0.120. The fourth-order valence-corrected chi connectivity index (χ4v) is 2.99. The van der Waals surface area contributed by atoms with Crippen LogP contribution in [0.15, 0.2) is 71.8 Å². The average Bonchev–Trinajstić information content (AvgIpc) is 2.71. The van der Waals surface area contributed by atoms with Crippen molar-refractivity contribution in [3.8, 4) is 5.75 Å². The summed E-state index contributed by atoms with van der Waals surface area (Å²) in [6.45, 7) is 4.44. The van der Waals surface area contributed by atoms with Gasteiger partial charge in [-0.15, -0.1) is 0 Å². The summed E-state index contributed by atoms with van der Waals surface area (Å²) < 4.78 is 5.89. The van der Waals surface area contributed by atoms with E-state index in [0.717, 1.165) is 16.7 Å². The summed E-state index contributed by atoms with van der Waals surface area (Å²) in [4.78, 5) is 12.2. The van der Waals surface area contributed by atoms with Gasteiger partial charge in [0, 0.05) is 16.1 Å². The van der Waals surface area contributed by atoms with Crippen molar-refractivity contribution in [2.24, 2.45) is 5.10 Å². The molecule has 0 heterocycles. The third-order valence-electron chi connectivity index (χ3n) is 4.59. The number of rotatable bonds is 7. The van der Waals surface area contributed by atoms with Crippen molar-refractivity contribution >= 4 is 23.7 Å². The van der Waals surface area contributed by atoms with E-state index >= 15 is 0 Å². The minimum Gasteiger partial charge on any atom is -0.488 e. The number of amides is 1. The fraction of sp³-hybridized carbons (Fsp3) is 0.167. The molecule has 3 aromatic rings. The first-order valence-electron chi connectivity index (χ1n) is 9.36. The van der Waals surface area contributed by atoms with Gasteiger partial charge in [0.05, 0.1) is 12.6 Å². The summed E-state index contributed by atoms with van der Waals surface area (Å²) >= 11 is 6.18. The van der Waals surface area contributed by atoms with Gasteiger partial charge in [-0.3, -0.25) is 4.79 Å². The van der Waals surface area contributed by atoms with Gasteiger partial charge in [-0.05, 0) is 48.7 Å². The van der Waals surface area contributed by atoms with Crippen LogP contribution in [0.4, 0.5) is 0 Å². The van der Waals surface area contributed by atoms with Crippen LogP contribution >= 0.6 is 11.6 Å². The third kappa shape index (κ3) is 5.93. The number of hydrazone groups is 1. The normalized spacial score (nSPS) is 10.9. The molecule has 0 aliphatic carbocycles. The van der Waals surface area contributed by atoms with Gasteiger partial charge < -0.3 is 4.74 Å².